The van der Waals surface area contributed by atoms with Gasteiger partial charge >= 0.3 is 0 Å². The summed E-state index contributed by atoms with van der Waals surface area (Å²) in [5, 5.41) is 6.67. The van der Waals surface area contributed by atoms with E-state index in [9.17, 15) is 0 Å². The lowest BCUT2D eigenvalue weighted by Gasteiger charge is -2.25. The normalized spacial score (nSPS) is 11.8. The highest BCUT2D eigenvalue weighted by atomic mass is 16.5. The van der Waals surface area contributed by atoms with E-state index in [0.29, 0.717) is 12.6 Å². The summed E-state index contributed by atoms with van der Waals surface area (Å²) < 4.78 is 10.6. The Morgan fingerprint density at radius 3 is 2.42 bits per heavy atom. The van der Waals surface area contributed by atoms with Crippen LogP contribution >= 0.6 is 0 Å². The van der Waals surface area contributed by atoms with Gasteiger partial charge in [-0.15, -0.1) is 0 Å². The Labute approximate surface area is 146 Å². The van der Waals surface area contributed by atoms with Crippen LogP contribution in [-0.4, -0.2) is 57.8 Å². The third-order valence-corrected chi connectivity index (χ3v) is 3.96. The average Bonchev–Trinajstić information content (AvgIpc) is 2.60. The molecule has 1 aromatic carbocycles. The van der Waals surface area contributed by atoms with E-state index in [1.54, 1.807) is 21.3 Å². The van der Waals surface area contributed by atoms with Crippen LogP contribution in [0.3, 0.4) is 0 Å². The second-order valence-corrected chi connectivity index (χ2v) is 5.76. The predicted octanol–water partition coefficient (Wildman–Crippen LogP) is 2.10. The lowest BCUT2D eigenvalue weighted by molar-refractivity contribution is 0.237. The van der Waals surface area contributed by atoms with E-state index in [4.69, 9.17) is 9.47 Å². The van der Waals surface area contributed by atoms with Crippen LogP contribution in [-0.2, 0) is 6.54 Å². The van der Waals surface area contributed by atoms with E-state index in [-0.39, 0.29) is 0 Å². The van der Waals surface area contributed by atoms with Gasteiger partial charge in [-0.3, -0.25) is 9.89 Å². The van der Waals surface area contributed by atoms with Gasteiger partial charge in [-0.2, -0.15) is 0 Å². The average molecular weight is 336 g/mol. The van der Waals surface area contributed by atoms with Crippen LogP contribution in [0, 0.1) is 0 Å². The van der Waals surface area contributed by atoms with Gasteiger partial charge in [-0.05, 0) is 38.1 Å². The highest BCUT2D eigenvalue weighted by molar-refractivity contribution is 5.79. The SMILES string of the molecule is CCN(CCNC(=NC)NCc1ccc(OC)c(OC)c1)C(C)C. The molecular weight excluding hydrogens is 304 g/mol. The van der Waals surface area contributed by atoms with Crippen LogP contribution in [0.2, 0.25) is 0 Å². The molecule has 0 saturated carbocycles. The fourth-order valence-electron chi connectivity index (χ4n) is 2.50. The van der Waals surface area contributed by atoms with Gasteiger partial charge < -0.3 is 20.1 Å². The van der Waals surface area contributed by atoms with Gasteiger partial charge in [0.15, 0.2) is 17.5 Å². The molecule has 0 bridgehead atoms. The Morgan fingerprint density at radius 1 is 1.17 bits per heavy atom. The molecule has 6 nitrogen and oxygen atoms in total. The van der Waals surface area contributed by atoms with Crippen molar-refractivity contribution in [2.45, 2.75) is 33.4 Å². The van der Waals surface area contributed by atoms with Gasteiger partial charge in [-0.25, -0.2) is 0 Å². The summed E-state index contributed by atoms with van der Waals surface area (Å²) >= 11 is 0. The topological polar surface area (TPSA) is 58.1 Å². The molecule has 2 N–H and O–H groups in total. The van der Waals surface area contributed by atoms with Crippen molar-refractivity contribution in [1.29, 1.82) is 0 Å². The van der Waals surface area contributed by atoms with Crippen LogP contribution in [0.25, 0.3) is 0 Å². The molecule has 0 aromatic heterocycles. The largest absolute Gasteiger partial charge is 0.493 e. The number of likely N-dealkylation sites (N-methyl/N-ethyl adjacent to an activating group) is 1. The number of nitrogens with zero attached hydrogens (tertiary/aromatic N) is 2. The molecule has 24 heavy (non-hydrogen) atoms. The van der Waals surface area contributed by atoms with Crippen molar-refractivity contribution in [3.05, 3.63) is 23.8 Å². The van der Waals surface area contributed by atoms with E-state index < -0.39 is 0 Å². The zero-order chi connectivity index (χ0) is 17.9. The third-order valence-electron chi connectivity index (χ3n) is 3.96. The Balaban J connectivity index is 2.49. The molecular formula is C18H32N4O2. The van der Waals surface area contributed by atoms with E-state index >= 15 is 0 Å². The minimum Gasteiger partial charge on any atom is -0.493 e. The second kappa shape index (κ2) is 10.8. The highest BCUT2D eigenvalue weighted by Gasteiger charge is 2.07. The summed E-state index contributed by atoms with van der Waals surface area (Å²) in [6.07, 6.45) is 0. The van der Waals surface area contributed by atoms with Crippen molar-refractivity contribution >= 4 is 5.96 Å². The van der Waals surface area contributed by atoms with Crippen molar-refractivity contribution in [2.24, 2.45) is 4.99 Å². The lowest BCUT2D eigenvalue weighted by atomic mass is 10.2. The molecule has 0 radical (unpaired) electrons. The minimum atomic E-state index is 0.554. The van der Waals surface area contributed by atoms with E-state index in [0.717, 1.165) is 42.7 Å². The zero-order valence-electron chi connectivity index (χ0n) is 15.8. The fraction of sp³-hybridized carbons (Fsp3) is 0.611. The molecule has 0 amide bonds. The maximum absolute atomic E-state index is 5.33. The van der Waals surface area contributed by atoms with Gasteiger partial charge in [0.2, 0.25) is 0 Å². The molecule has 0 fully saturated rings. The summed E-state index contributed by atoms with van der Waals surface area (Å²) in [6, 6.07) is 6.45. The molecule has 0 aliphatic rings. The Kier molecular flexibility index (Phi) is 9.01. The molecule has 0 atom stereocenters. The van der Waals surface area contributed by atoms with Crippen LogP contribution < -0.4 is 20.1 Å². The number of aliphatic imine (C=N–C) groups is 1. The minimum absolute atomic E-state index is 0.554. The lowest BCUT2D eigenvalue weighted by Crippen LogP contribution is -2.42. The Bertz CT molecular complexity index is 518. The van der Waals surface area contributed by atoms with Crippen LogP contribution in [0.15, 0.2) is 23.2 Å². The maximum Gasteiger partial charge on any atom is 0.191 e. The first-order valence-electron chi connectivity index (χ1n) is 8.45. The van der Waals surface area contributed by atoms with Crippen LogP contribution in [0.5, 0.6) is 11.5 Å². The summed E-state index contributed by atoms with van der Waals surface area (Å²) in [4.78, 5) is 6.68. The summed E-state index contributed by atoms with van der Waals surface area (Å²) in [6.45, 7) is 10.2. The molecule has 0 saturated heterocycles. The summed E-state index contributed by atoms with van der Waals surface area (Å²) in [5.74, 6) is 2.26. The second-order valence-electron chi connectivity index (χ2n) is 5.76. The molecule has 0 heterocycles. The van der Waals surface area contributed by atoms with Crippen molar-refractivity contribution in [3.63, 3.8) is 0 Å². The van der Waals surface area contributed by atoms with Crippen molar-refractivity contribution in [3.8, 4) is 11.5 Å². The predicted molar refractivity (Wildman–Crippen MR) is 100 cm³/mol. The van der Waals surface area contributed by atoms with E-state index in [1.165, 1.54) is 0 Å². The number of ether oxygens (including phenoxy) is 2. The third kappa shape index (κ3) is 6.28. The van der Waals surface area contributed by atoms with Gasteiger partial charge in [0.25, 0.3) is 0 Å². The molecule has 0 aliphatic heterocycles. The summed E-state index contributed by atoms with van der Waals surface area (Å²) in [5.41, 5.74) is 1.10. The van der Waals surface area contributed by atoms with Crippen LogP contribution in [0.1, 0.15) is 26.3 Å². The monoisotopic (exact) mass is 336 g/mol. The smallest absolute Gasteiger partial charge is 0.191 e. The van der Waals surface area contributed by atoms with Crippen LogP contribution in [0.4, 0.5) is 0 Å². The van der Waals surface area contributed by atoms with Gasteiger partial charge in [-0.1, -0.05) is 13.0 Å². The highest BCUT2D eigenvalue weighted by Crippen LogP contribution is 2.27. The van der Waals surface area contributed by atoms with Gasteiger partial charge in [0.1, 0.15) is 0 Å². The fourth-order valence-corrected chi connectivity index (χ4v) is 2.50. The van der Waals surface area contributed by atoms with Gasteiger partial charge in [0.05, 0.1) is 14.2 Å². The maximum atomic E-state index is 5.33. The zero-order valence-corrected chi connectivity index (χ0v) is 15.8. The number of nitrogens with one attached hydrogen (secondary N) is 2. The van der Waals surface area contributed by atoms with Crippen molar-refractivity contribution in [1.82, 2.24) is 15.5 Å². The van der Waals surface area contributed by atoms with Crippen molar-refractivity contribution in [2.75, 3.05) is 40.9 Å². The Morgan fingerprint density at radius 2 is 1.88 bits per heavy atom. The first kappa shape index (κ1) is 20.1. The molecule has 1 rings (SSSR count). The number of methoxy groups -OCH3 is 2. The molecule has 136 valence electrons. The standard InChI is InChI=1S/C18H32N4O2/c1-7-22(14(2)3)11-10-20-18(19-4)21-13-15-8-9-16(23-5)17(12-15)24-6/h8-9,12,14H,7,10-11,13H2,1-6H3,(H2,19,20,21). The quantitative estimate of drug-likeness (QED) is 0.534. The van der Waals surface area contributed by atoms with E-state index in [2.05, 4.69) is 41.3 Å². The molecule has 6 heteroatoms. The first-order chi connectivity index (χ1) is 11.5. The molecule has 1 aromatic rings. The molecule has 0 aliphatic carbocycles. The van der Waals surface area contributed by atoms with E-state index in [1.807, 2.05) is 18.2 Å². The number of benzene rings is 1. The number of guanidine groups is 1. The van der Waals surface area contributed by atoms with Gasteiger partial charge in [0, 0.05) is 32.7 Å². The molecule has 0 unspecified atom stereocenters. The van der Waals surface area contributed by atoms with Crippen molar-refractivity contribution < 1.29 is 9.47 Å². The summed E-state index contributed by atoms with van der Waals surface area (Å²) in [7, 11) is 5.06. The number of hydrogen-bond acceptors (Lipinski definition) is 4. The Hall–Kier alpha value is -1.95. The molecule has 0 spiro atoms. The first-order valence-corrected chi connectivity index (χ1v) is 8.45. The number of hydrogen-bond donors (Lipinski definition) is 2. The number of rotatable bonds is 9.